The van der Waals surface area contributed by atoms with E-state index in [0.717, 1.165) is 11.8 Å². The van der Waals surface area contributed by atoms with Crippen molar-refractivity contribution in [3.63, 3.8) is 0 Å². The highest BCUT2D eigenvalue weighted by molar-refractivity contribution is 7.99. The van der Waals surface area contributed by atoms with Crippen molar-refractivity contribution in [1.29, 1.82) is 0 Å². The molecule has 7 nitrogen and oxygen atoms in total. The minimum atomic E-state index is -0.321. The third-order valence-corrected chi connectivity index (χ3v) is 3.46. The molecule has 2 heterocycles. The second-order valence-corrected chi connectivity index (χ2v) is 4.39. The molecule has 9 heteroatoms. The lowest BCUT2D eigenvalue weighted by molar-refractivity contribution is 0.277. The Bertz CT molecular complexity index is 596. The van der Waals surface area contributed by atoms with Gasteiger partial charge in [-0.3, -0.25) is 4.57 Å². The van der Waals surface area contributed by atoms with Gasteiger partial charge in [0.05, 0.1) is 6.61 Å². The SMILES string of the molecule is Cn1c(Sc2ncnc(Cl)c2CO)n[nH]c1=O. The number of hydrogen-bond donors (Lipinski definition) is 2. The molecule has 0 aliphatic heterocycles. The van der Waals surface area contributed by atoms with Crippen LogP contribution in [-0.4, -0.2) is 29.8 Å². The van der Waals surface area contributed by atoms with Crippen LogP contribution in [0.2, 0.25) is 5.15 Å². The van der Waals surface area contributed by atoms with Crippen molar-refractivity contribution in [3.8, 4) is 0 Å². The lowest BCUT2D eigenvalue weighted by Gasteiger charge is -2.05. The maximum Gasteiger partial charge on any atom is 0.343 e. The molecule has 0 saturated carbocycles. The quantitative estimate of drug-likeness (QED) is 0.775. The van der Waals surface area contributed by atoms with E-state index in [9.17, 15) is 9.90 Å². The van der Waals surface area contributed by atoms with Gasteiger partial charge in [0.2, 0.25) is 0 Å². The fourth-order valence-electron chi connectivity index (χ4n) is 1.11. The molecule has 17 heavy (non-hydrogen) atoms. The van der Waals surface area contributed by atoms with E-state index in [4.69, 9.17) is 11.6 Å². The number of aliphatic hydroxyl groups is 1. The number of nitrogens with one attached hydrogen (secondary N) is 1. The first-order chi connectivity index (χ1) is 8.13. The summed E-state index contributed by atoms with van der Waals surface area (Å²) in [7, 11) is 1.58. The van der Waals surface area contributed by atoms with Gasteiger partial charge in [-0.2, -0.15) is 0 Å². The molecule has 0 aliphatic rings. The summed E-state index contributed by atoms with van der Waals surface area (Å²) in [5.41, 5.74) is 0.0906. The normalized spacial score (nSPS) is 10.8. The molecule has 0 bridgehead atoms. The Kier molecular flexibility index (Phi) is 3.46. The molecule has 0 unspecified atom stereocenters. The lowest BCUT2D eigenvalue weighted by Crippen LogP contribution is -2.13. The van der Waals surface area contributed by atoms with Crippen molar-refractivity contribution in [2.45, 2.75) is 16.8 Å². The Labute approximate surface area is 105 Å². The number of halogens is 1. The maximum atomic E-state index is 11.2. The summed E-state index contributed by atoms with van der Waals surface area (Å²) in [6.45, 7) is -0.277. The smallest absolute Gasteiger partial charge is 0.343 e. The van der Waals surface area contributed by atoms with Gasteiger partial charge in [0.15, 0.2) is 5.16 Å². The molecule has 2 N–H and O–H groups in total. The molecule has 2 rings (SSSR count). The standard InChI is InChI=1S/C8H8ClN5O2S/c1-14-7(16)12-13-8(14)17-6-4(2-15)5(9)10-3-11-6/h3,15H,2H2,1H3,(H,12,16). The number of nitrogens with zero attached hydrogens (tertiary/aromatic N) is 4. The Morgan fingerprint density at radius 2 is 2.35 bits per heavy atom. The van der Waals surface area contributed by atoms with Crippen molar-refractivity contribution in [1.82, 2.24) is 24.7 Å². The molecule has 2 aromatic heterocycles. The third-order valence-electron chi connectivity index (χ3n) is 2.04. The van der Waals surface area contributed by atoms with Crippen LogP contribution in [0.1, 0.15) is 5.56 Å². The van der Waals surface area contributed by atoms with E-state index < -0.39 is 0 Å². The summed E-state index contributed by atoms with van der Waals surface area (Å²) in [5.74, 6) is 0. The highest BCUT2D eigenvalue weighted by Crippen LogP contribution is 2.28. The highest BCUT2D eigenvalue weighted by atomic mass is 35.5. The van der Waals surface area contributed by atoms with Gasteiger partial charge in [0.25, 0.3) is 0 Å². The Hall–Kier alpha value is -1.38. The van der Waals surface area contributed by atoms with E-state index in [-0.39, 0.29) is 17.4 Å². The predicted octanol–water partition coefficient (Wildman–Crippen LogP) is 0.195. The van der Waals surface area contributed by atoms with Crippen molar-refractivity contribution >= 4 is 23.4 Å². The van der Waals surface area contributed by atoms with Crippen LogP contribution in [0.4, 0.5) is 0 Å². The monoisotopic (exact) mass is 273 g/mol. The summed E-state index contributed by atoms with van der Waals surface area (Å²) in [4.78, 5) is 18.9. The van der Waals surface area contributed by atoms with Crippen LogP contribution < -0.4 is 5.69 Å². The zero-order valence-corrected chi connectivity index (χ0v) is 10.3. The topological polar surface area (TPSA) is 96.7 Å². The van der Waals surface area contributed by atoms with Crippen LogP contribution in [0.5, 0.6) is 0 Å². The number of rotatable bonds is 3. The van der Waals surface area contributed by atoms with Gasteiger partial charge in [-0.15, -0.1) is 5.10 Å². The van der Waals surface area contributed by atoms with Crippen molar-refractivity contribution < 1.29 is 5.11 Å². The van der Waals surface area contributed by atoms with E-state index in [1.165, 1.54) is 10.9 Å². The highest BCUT2D eigenvalue weighted by Gasteiger charge is 2.13. The van der Waals surface area contributed by atoms with Crippen LogP contribution in [0.25, 0.3) is 0 Å². The van der Waals surface area contributed by atoms with Crippen molar-refractivity contribution in [2.24, 2.45) is 7.05 Å². The molecular formula is C8H8ClN5O2S. The zero-order chi connectivity index (χ0) is 12.4. The van der Waals surface area contributed by atoms with Crippen molar-refractivity contribution in [2.75, 3.05) is 0 Å². The summed E-state index contributed by atoms with van der Waals surface area (Å²) in [5, 5.41) is 16.4. The van der Waals surface area contributed by atoms with E-state index in [1.807, 2.05) is 0 Å². The number of aromatic nitrogens is 5. The molecule has 0 aliphatic carbocycles. The number of hydrogen-bond acceptors (Lipinski definition) is 6. The van der Waals surface area contributed by atoms with Gasteiger partial charge < -0.3 is 5.11 Å². The average molecular weight is 274 g/mol. The molecule has 0 radical (unpaired) electrons. The molecule has 0 saturated heterocycles. The Morgan fingerprint density at radius 3 is 2.94 bits per heavy atom. The molecule has 0 spiro atoms. The first-order valence-corrected chi connectivity index (χ1v) is 5.72. The van der Waals surface area contributed by atoms with E-state index in [1.54, 1.807) is 7.05 Å². The molecule has 90 valence electrons. The second-order valence-electron chi connectivity index (χ2n) is 3.08. The summed E-state index contributed by atoms with van der Waals surface area (Å²) < 4.78 is 1.34. The van der Waals surface area contributed by atoms with E-state index in [0.29, 0.717) is 15.7 Å². The molecule has 0 fully saturated rings. The Balaban J connectivity index is 2.39. The largest absolute Gasteiger partial charge is 0.391 e. The van der Waals surface area contributed by atoms with Crippen LogP contribution in [0.3, 0.4) is 0 Å². The van der Waals surface area contributed by atoms with Gasteiger partial charge in [-0.25, -0.2) is 19.9 Å². The minimum absolute atomic E-state index is 0.186. The van der Waals surface area contributed by atoms with E-state index in [2.05, 4.69) is 20.2 Å². The van der Waals surface area contributed by atoms with Crippen LogP contribution in [0.15, 0.2) is 21.3 Å². The second kappa shape index (κ2) is 4.86. The molecular weight excluding hydrogens is 266 g/mol. The fraction of sp³-hybridized carbons (Fsp3) is 0.250. The molecule has 0 aromatic carbocycles. The van der Waals surface area contributed by atoms with Crippen LogP contribution >= 0.6 is 23.4 Å². The lowest BCUT2D eigenvalue weighted by atomic mass is 10.4. The maximum absolute atomic E-state index is 11.2. The molecule has 0 atom stereocenters. The van der Waals surface area contributed by atoms with Gasteiger partial charge in [-0.1, -0.05) is 11.6 Å². The van der Waals surface area contributed by atoms with Gasteiger partial charge in [0, 0.05) is 12.6 Å². The van der Waals surface area contributed by atoms with Crippen molar-refractivity contribution in [3.05, 3.63) is 27.5 Å². The number of aliphatic hydroxyl groups excluding tert-OH is 1. The van der Waals surface area contributed by atoms with Gasteiger partial charge >= 0.3 is 5.69 Å². The van der Waals surface area contributed by atoms with Gasteiger partial charge in [0.1, 0.15) is 16.5 Å². The molecule has 0 amide bonds. The van der Waals surface area contributed by atoms with Crippen LogP contribution in [-0.2, 0) is 13.7 Å². The Morgan fingerprint density at radius 1 is 1.59 bits per heavy atom. The van der Waals surface area contributed by atoms with Crippen LogP contribution in [0, 0.1) is 0 Å². The first kappa shape index (κ1) is 12.1. The minimum Gasteiger partial charge on any atom is -0.391 e. The average Bonchev–Trinajstić information content (AvgIpc) is 2.61. The summed E-state index contributed by atoms with van der Waals surface area (Å²) in [6.07, 6.45) is 1.29. The predicted molar refractivity (Wildman–Crippen MR) is 60.9 cm³/mol. The number of aromatic amines is 1. The summed E-state index contributed by atoms with van der Waals surface area (Å²) >= 11 is 6.95. The van der Waals surface area contributed by atoms with Gasteiger partial charge in [-0.05, 0) is 11.8 Å². The third kappa shape index (κ3) is 2.33. The summed E-state index contributed by atoms with van der Waals surface area (Å²) in [6, 6.07) is 0. The molecule has 2 aromatic rings. The van der Waals surface area contributed by atoms with E-state index >= 15 is 0 Å². The first-order valence-electron chi connectivity index (χ1n) is 4.53. The number of H-pyrrole nitrogens is 1. The fourth-order valence-corrected chi connectivity index (χ4v) is 2.22. The zero-order valence-electron chi connectivity index (χ0n) is 8.71.